The highest BCUT2D eigenvalue weighted by Crippen LogP contribution is 2.14. The van der Waals surface area contributed by atoms with Gasteiger partial charge in [-0.05, 0) is 13.3 Å². The van der Waals surface area contributed by atoms with Gasteiger partial charge in [0.05, 0.1) is 0 Å². The van der Waals surface area contributed by atoms with Gasteiger partial charge in [-0.25, -0.2) is 9.97 Å². The van der Waals surface area contributed by atoms with E-state index in [1.807, 2.05) is 0 Å². The van der Waals surface area contributed by atoms with E-state index in [1.54, 1.807) is 13.2 Å². The Balaban J connectivity index is 2.92. The zero-order chi connectivity index (χ0) is 12.0. The molecule has 2 N–H and O–H groups in total. The van der Waals surface area contributed by atoms with E-state index in [1.165, 1.54) is 0 Å². The van der Waals surface area contributed by atoms with Crippen molar-refractivity contribution in [1.29, 1.82) is 0 Å². The van der Waals surface area contributed by atoms with Crippen LogP contribution in [0.2, 0.25) is 0 Å². The first-order valence-corrected chi connectivity index (χ1v) is 5.58. The molecule has 0 spiro atoms. The van der Waals surface area contributed by atoms with Crippen LogP contribution in [0.1, 0.15) is 26.1 Å². The van der Waals surface area contributed by atoms with Crippen LogP contribution >= 0.6 is 0 Å². The zero-order valence-electron chi connectivity index (χ0n) is 10.2. The second-order valence-corrected chi connectivity index (χ2v) is 3.58. The first-order chi connectivity index (χ1) is 7.71. The second kappa shape index (κ2) is 6.27. The number of aromatic nitrogens is 2. The lowest BCUT2D eigenvalue weighted by molar-refractivity contribution is 0.178. The molecular weight excluding hydrogens is 204 g/mol. The highest BCUT2D eigenvalue weighted by atomic mass is 16.5. The van der Waals surface area contributed by atoms with E-state index in [0.29, 0.717) is 18.2 Å². The molecule has 1 aromatic rings. The van der Waals surface area contributed by atoms with Gasteiger partial charge in [0.1, 0.15) is 18.2 Å². The van der Waals surface area contributed by atoms with Gasteiger partial charge in [-0.2, -0.15) is 0 Å². The number of rotatable bonds is 6. The number of nitrogen functional groups attached to an aromatic ring is 1. The van der Waals surface area contributed by atoms with Crippen molar-refractivity contribution in [3.8, 4) is 0 Å². The predicted molar refractivity (Wildman–Crippen MR) is 65.3 cm³/mol. The van der Waals surface area contributed by atoms with Crippen LogP contribution < -0.4 is 10.6 Å². The Kier molecular flexibility index (Phi) is 4.98. The highest BCUT2D eigenvalue weighted by Gasteiger charge is 2.08. The number of nitrogens with zero attached hydrogens (tertiary/aromatic N) is 3. The van der Waals surface area contributed by atoms with Crippen LogP contribution in [0.3, 0.4) is 0 Å². The van der Waals surface area contributed by atoms with Gasteiger partial charge < -0.3 is 15.4 Å². The van der Waals surface area contributed by atoms with Crippen LogP contribution in [0.25, 0.3) is 0 Å². The zero-order valence-corrected chi connectivity index (χ0v) is 10.2. The van der Waals surface area contributed by atoms with E-state index in [4.69, 9.17) is 10.5 Å². The number of methoxy groups -OCH3 is 1. The van der Waals surface area contributed by atoms with Crippen molar-refractivity contribution in [2.45, 2.75) is 26.9 Å². The maximum atomic E-state index is 5.75. The lowest BCUT2D eigenvalue weighted by atomic mass is 10.3. The van der Waals surface area contributed by atoms with Crippen LogP contribution in [0.4, 0.5) is 11.6 Å². The Morgan fingerprint density at radius 1 is 1.38 bits per heavy atom. The summed E-state index contributed by atoms with van der Waals surface area (Å²) in [5, 5.41) is 0. The molecule has 5 heteroatoms. The summed E-state index contributed by atoms with van der Waals surface area (Å²) in [5.74, 6) is 2.00. The molecule has 0 fully saturated rings. The van der Waals surface area contributed by atoms with Gasteiger partial charge in [-0.15, -0.1) is 0 Å². The molecule has 1 aromatic heterocycles. The number of nitrogens with two attached hydrogens (primary N) is 1. The van der Waals surface area contributed by atoms with Crippen LogP contribution in [-0.2, 0) is 11.3 Å². The minimum atomic E-state index is 0.391. The molecule has 0 aliphatic carbocycles. The van der Waals surface area contributed by atoms with Gasteiger partial charge in [0, 0.05) is 26.3 Å². The third-order valence-corrected chi connectivity index (χ3v) is 2.25. The van der Waals surface area contributed by atoms with Gasteiger partial charge >= 0.3 is 0 Å². The predicted octanol–water partition coefficient (Wildman–Crippen LogP) is 1.44. The van der Waals surface area contributed by atoms with E-state index in [0.717, 1.165) is 25.3 Å². The highest BCUT2D eigenvalue weighted by molar-refractivity contribution is 5.46. The Labute approximate surface area is 96.6 Å². The number of hydrogen-bond acceptors (Lipinski definition) is 5. The van der Waals surface area contributed by atoms with Gasteiger partial charge in [0.25, 0.3) is 0 Å². The summed E-state index contributed by atoms with van der Waals surface area (Å²) in [5.41, 5.74) is 5.75. The van der Waals surface area contributed by atoms with E-state index in [9.17, 15) is 0 Å². The summed E-state index contributed by atoms with van der Waals surface area (Å²) in [4.78, 5) is 10.7. The number of anilines is 2. The second-order valence-electron chi connectivity index (χ2n) is 3.58. The normalized spacial score (nSPS) is 10.4. The molecule has 1 rings (SSSR count). The average Bonchev–Trinajstić information content (AvgIpc) is 2.25. The van der Waals surface area contributed by atoms with Crippen molar-refractivity contribution >= 4 is 11.6 Å². The SMILES string of the molecule is CCCN(CC)c1cc(N)nc(COC)n1. The summed E-state index contributed by atoms with van der Waals surface area (Å²) >= 11 is 0. The van der Waals surface area contributed by atoms with Gasteiger partial charge in [-0.3, -0.25) is 0 Å². The van der Waals surface area contributed by atoms with Gasteiger partial charge in [0.2, 0.25) is 0 Å². The number of ether oxygens (including phenoxy) is 1. The van der Waals surface area contributed by atoms with Crippen molar-refractivity contribution in [1.82, 2.24) is 9.97 Å². The van der Waals surface area contributed by atoms with Crippen molar-refractivity contribution < 1.29 is 4.74 Å². The van der Waals surface area contributed by atoms with E-state index >= 15 is 0 Å². The Bertz CT molecular complexity index is 330. The molecule has 0 bridgehead atoms. The van der Waals surface area contributed by atoms with Gasteiger partial charge in [0.15, 0.2) is 5.82 Å². The summed E-state index contributed by atoms with van der Waals surface area (Å²) in [6.45, 7) is 6.52. The molecule has 0 unspecified atom stereocenters. The monoisotopic (exact) mass is 224 g/mol. The van der Waals surface area contributed by atoms with Crippen molar-refractivity contribution in [2.75, 3.05) is 30.8 Å². The molecule has 16 heavy (non-hydrogen) atoms. The Hall–Kier alpha value is -1.36. The lowest BCUT2D eigenvalue weighted by Gasteiger charge is -2.21. The third-order valence-electron chi connectivity index (χ3n) is 2.25. The number of hydrogen-bond donors (Lipinski definition) is 1. The molecule has 0 aromatic carbocycles. The fourth-order valence-corrected chi connectivity index (χ4v) is 1.56. The fourth-order valence-electron chi connectivity index (χ4n) is 1.56. The molecule has 0 radical (unpaired) electrons. The topological polar surface area (TPSA) is 64.3 Å². The molecule has 0 amide bonds. The molecular formula is C11H20N4O. The minimum Gasteiger partial charge on any atom is -0.384 e. The molecule has 1 heterocycles. The first-order valence-electron chi connectivity index (χ1n) is 5.58. The van der Waals surface area contributed by atoms with Crippen LogP contribution in [0, 0.1) is 0 Å². The van der Waals surface area contributed by atoms with Crippen molar-refractivity contribution in [2.24, 2.45) is 0 Å². The standard InChI is InChI=1S/C11H20N4O/c1-4-6-15(5-2)11-7-9(12)13-10(14-11)8-16-3/h7H,4-6,8H2,1-3H3,(H2,12,13,14). The third kappa shape index (κ3) is 3.34. The molecule has 90 valence electrons. The molecule has 0 aliphatic rings. The largest absolute Gasteiger partial charge is 0.384 e. The van der Waals surface area contributed by atoms with E-state index in [-0.39, 0.29) is 0 Å². The van der Waals surface area contributed by atoms with Crippen molar-refractivity contribution in [3.63, 3.8) is 0 Å². The summed E-state index contributed by atoms with van der Waals surface area (Å²) < 4.78 is 5.01. The van der Waals surface area contributed by atoms with E-state index in [2.05, 4.69) is 28.7 Å². The summed E-state index contributed by atoms with van der Waals surface area (Å²) in [7, 11) is 1.62. The van der Waals surface area contributed by atoms with Crippen LogP contribution in [0.15, 0.2) is 6.07 Å². The maximum absolute atomic E-state index is 5.75. The van der Waals surface area contributed by atoms with E-state index < -0.39 is 0 Å². The molecule has 0 saturated heterocycles. The minimum absolute atomic E-state index is 0.391. The summed E-state index contributed by atoms with van der Waals surface area (Å²) in [6, 6.07) is 1.80. The first kappa shape index (κ1) is 12.7. The average molecular weight is 224 g/mol. The van der Waals surface area contributed by atoms with Crippen LogP contribution in [-0.4, -0.2) is 30.2 Å². The molecule has 0 aliphatic heterocycles. The Morgan fingerprint density at radius 2 is 2.12 bits per heavy atom. The smallest absolute Gasteiger partial charge is 0.158 e. The fraction of sp³-hybridized carbons (Fsp3) is 0.636. The Morgan fingerprint density at radius 3 is 2.69 bits per heavy atom. The van der Waals surface area contributed by atoms with Crippen LogP contribution in [0.5, 0.6) is 0 Å². The molecule has 0 atom stereocenters. The molecule has 0 saturated carbocycles. The summed E-state index contributed by atoms with van der Waals surface area (Å²) in [6.07, 6.45) is 1.08. The van der Waals surface area contributed by atoms with Crippen molar-refractivity contribution in [3.05, 3.63) is 11.9 Å². The quantitative estimate of drug-likeness (QED) is 0.792. The molecule has 5 nitrogen and oxygen atoms in total. The van der Waals surface area contributed by atoms with Gasteiger partial charge in [-0.1, -0.05) is 6.92 Å². The lowest BCUT2D eigenvalue weighted by Crippen LogP contribution is -2.25. The maximum Gasteiger partial charge on any atom is 0.158 e.